The predicted octanol–water partition coefficient (Wildman–Crippen LogP) is 3.96. The molecule has 1 nitrogen and oxygen atoms in total. The second-order valence-corrected chi connectivity index (χ2v) is 7.41. The van der Waals surface area contributed by atoms with Crippen molar-refractivity contribution >= 4 is 0 Å². The van der Waals surface area contributed by atoms with E-state index in [1.807, 2.05) is 0 Å². The Morgan fingerprint density at radius 3 is 2.65 bits per heavy atom. The van der Waals surface area contributed by atoms with Crippen LogP contribution in [-0.4, -0.2) is 13.1 Å². The zero-order valence-electron chi connectivity index (χ0n) is 12.5. The third kappa shape index (κ3) is 2.11. The van der Waals surface area contributed by atoms with Crippen molar-refractivity contribution in [2.75, 3.05) is 13.1 Å². The van der Waals surface area contributed by atoms with E-state index >= 15 is 0 Å². The first-order valence-corrected chi connectivity index (χ1v) is 8.65. The first-order chi connectivity index (χ1) is 9.87. The van der Waals surface area contributed by atoms with E-state index in [0.717, 1.165) is 11.8 Å². The first kappa shape index (κ1) is 12.9. The lowest BCUT2D eigenvalue weighted by Gasteiger charge is -2.50. The standard InChI is InChI=1S/C19H27N/c1-4-8-17-13-19(10-9-15(17)5-1)11-12-20-14-18(19)16-6-2-3-7-16/h1,4-5,8,16,18,20H,2-3,6-7,9-14H2. The van der Waals surface area contributed by atoms with E-state index in [0.29, 0.717) is 5.41 Å². The van der Waals surface area contributed by atoms with Crippen LogP contribution >= 0.6 is 0 Å². The molecule has 2 atom stereocenters. The molecule has 1 spiro atoms. The molecule has 4 rings (SSSR count). The molecular formula is C19H27N. The Kier molecular flexibility index (Phi) is 3.34. The smallest absolute Gasteiger partial charge is 0.00124 e. The van der Waals surface area contributed by atoms with E-state index < -0.39 is 0 Å². The molecule has 1 N–H and O–H groups in total. The fourth-order valence-electron chi connectivity index (χ4n) is 5.38. The van der Waals surface area contributed by atoms with Gasteiger partial charge >= 0.3 is 0 Å². The summed E-state index contributed by atoms with van der Waals surface area (Å²) in [5, 5.41) is 3.71. The summed E-state index contributed by atoms with van der Waals surface area (Å²) in [6, 6.07) is 9.20. The lowest BCUT2D eigenvalue weighted by Crippen LogP contribution is -2.50. The lowest BCUT2D eigenvalue weighted by molar-refractivity contribution is 0.0455. The zero-order chi connectivity index (χ0) is 13.4. The molecule has 3 aliphatic rings. The number of benzene rings is 1. The Morgan fingerprint density at radius 1 is 1.00 bits per heavy atom. The summed E-state index contributed by atoms with van der Waals surface area (Å²) >= 11 is 0. The van der Waals surface area contributed by atoms with Gasteiger partial charge in [0.25, 0.3) is 0 Å². The second-order valence-electron chi connectivity index (χ2n) is 7.41. The molecule has 1 saturated heterocycles. The van der Waals surface area contributed by atoms with Crippen molar-refractivity contribution in [1.82, 2.24) is 5.32 Å². The van der Waals surface area contributed by atoms with Gasteiger partial charge in [0.05, 0.1) is 0 Å². The number of hydrogen-bond donors (Lipinski definition) is 1. The Morgan fingerprint density at radius 2 is 1.80 bits per heavy atom. The van der Waals surface area contributed by atoms with Gasteiger partial charge in [0.1, 0.15) is 0 Å². The van der Waals surface area contributed by atoms with E-state index in [2.05, 4.69) is 29.6 Å². The maximum Gasteiger partial charge on any atom is -0.00124 e. The highest BCUT2D eigenvalue weighted by Crippen LogP contribution is 2.51. The van der Waals surface area contributed by atoms with Crippen LogP contribution in [0.25, 0.3) is 0 Å². The van der Waals surface area contributed by atoms with Crippen molar-refractivity contribution in [3.63, 3.8) is 0 Å². The number of rotatable bonds is 1. The fourth-order valence-corrected chi connectivity index (χ4v) is 5.38. The van der Waals surface area contributed by atoms with Crippen LogP contribution in [0.5, 0.6) is 0 Å². The minimum atomic E-state index is 0.620. The third-order valence-corrected chi connectivity index (χ3v) is 6.47. The normalized spacial score (nSPS) is 34.3. The Hall–Kier alpha value is -0.820. The molecule has 20 heavy (non-hydrogen) atoms. The van der Waals surface area contributed by atoms with Crippen molar-refractivity contribution in [2.24, 2.45) is 17.3 Å². The lowest BCUT2D eigenvalue weighted by atomic mass is 9.58. The zero-order valence-corrected chi connectivity index (χ0v) is 12.5. The van der Waals surface area contributed by atoms with Crippen LogP contribution in [0.3, 0.4) is 0 Å². The van der Waals surface area contributed by atoms with E-state index in [9.17, 15) is 0 Å². The molecule has 0 radical (unpaired) electrons. The highest BCUT2D eigenvalue weighted by atomic mass is 14.9. The average molecular weight is 269 g/mol. The van der Waals surface area contributed by atoms with E-state index in [4.69, 9.17) is 0 Å². The highest BCUT2D eigenvalue weighted by molar-refractivity contribution is 5.31. The van der Waals surface area contributed by atoms with Crippen molar-refractivity contribution in [1.29, 1.82) is 0 Å². The van der Waals surface area contributed by atoms with Gasteiger partial charge in [-0.15, -0.1) is 0 Å². The summed E-state index contributed by atoms with van der Waals surface area (Å²) in [5.74, 6) is 1.94. The van der Waals surface area contributed by atoms with Gasteiger partial charge in [-0.05, 0) is 67.2 Å². The van der Waals surface area contributed by atoms with Crippen LogP contribution in [-0.2, 0) is 12.8 Å². The number of nitrogens with one attached hydrogen (secondary N) is 1. The number of fused-ring (bicyclic) bond motifs is 1. The first-order valence-electron chi connectivity index (χ1n) is 8.65. The number of aryl methyl sites for hydroxylation is 1. The van der Waals surface area contributed by atoms with Crippen LogP contribution in [0.2, 0.25) is 0 Å². The molecule has 2 fully saturated rings. The minimum absolute atomic E-state index is 0.620. The van der Waals surface area contributed by atoms with Gasteiger partial charge in [0.2, 0.25) is 0 Å². The van der Waals surface area contributed by atoms with Gasteiger partial charge in [-0.1, -0.05) is 49.9 Å². The summed E-state index contributed by atoms with van der Waals surface area (Å²) in [6.45, 7) is 2.53. The van der Waals surface area contributed by atoms with Crippen LogP contribution in [0.4, 0.5) is 0 Å². The molecule has 1 heterocycles. The van der Waals surface area contributed by atoms with Crippen LogP contribution in [0.15, 0.2) is 24.3 Å². The number of piperidine rings is 1. The molecule has 1 saturated carbocycles. The highest BCUT2D eigenvalue weighted by Gasteiger charge is 2.46. The molecule has 1 heteroatoms. The molecule has 1 aliphatic heterocycles. The second kappa shape index (κ2) is 5.18. The molecule has 108 valence electrons. The third-order valence-electron chi connectivity index (χ3n) is 6.47. The SMILES string of the molecule is c1ccc2c(c1)CCC1(CCNCC1C1CCCC1)C2. The number of hydrogen-bond acceptors (Lipinski definition) is 1. The van der Waals surface area contributed by atoms with Gasteiger partial charge in [-0.25, -0.2) is 0 Å². The monoisotopic (exact) mass is 269 g/mol. The maximum atomic E-state index is 3.71. The molecule has 2 aliphatic carbocycles. The van der Waals surface area contributed by atoms with Gasteiger partial charge in [0.15, 0.2) is 0 Å². The molecule has 0 amide bonds. The summed E-state index contributed by atoms with van der Waals surface area (Å²) < 4.78 is 0. The van der Waals surface area contributed by atoms with Crippen LogP contribution in [0.1, 0.15) is 49.7 Å². The minimum Gasteiger partial charge on any atom is -0.316 e. The van der Waals surface area contributed by atoms with E-state index in [1.54, 1.807) is 11.1 Å². The largest absolute Gasteiger partial charge is 0.316 e. The van der Waals surface area contributed by atoms with Crippen LogP contribution in [0, 0.1) is 17.3 Å². The Labute approximate surface area is 123 Å². The fraction of sp³-hybridized carbons (Fsp3) is 0.684. The Balaban J connectivity index is 1.64. The molecular weight excluding hydrogens is 242 g/mol. The molecule has 0 bridgehead atoms. The molecule has 0 aromatic heterocycles. The topological polar surface area (TPSA) is 12.0 Å². The summed E-state index contributed by atoms with van der Waals surface area (Å²) in [4.78, 5) is 0. The van der Waals surface area contributed by atoms with E-state index in [1.165, 1.54) is 64.5 Å². The molecule has 2 unspecified atom stereocenters. The summed E-state index contributed by atoms with van der Waals surface area (Å²) in [7, 11) is 0. The van der Waals surface area contributed by atoms with E-state index in [-0.39, 0.29) is 0 Å². The quantitative estimate of drug-likeness (QED) is 0.813. The van der Waals surface area contributed by atoms with Gasteiger partial charge < -0.3 is 5.32 Å². The Bertz CT molecular complexity index is 474. The molecule has 1 aromatic carbocycles. The summed E-state index contributed by atoms with van der Waals surface area (Å²) in [5.41, 5.74) is 3.90. The van der Waals surface area contributed by atoms with Gasteiger partial charge in [-0.3, -0.25) is 0 Å². The van der Waals surface area contributed by atoms with Crippen molar-refractivity contribution in [3.05, 3.63) is 35.4 Å². The van der Waals surface area contributed by atoms with Crippen molar-refractivity contribution in [2.45, 2.75) is 51.4 Å². The van der Waals surface area contributed by atoms with Crippen molar-refractivity contribution in [3.8, 4) is 0 Å². The predicted molar refractivity (Wildman–Crippen MR) is 83.8 cm³/mol. The van der Waals surface area contributed by atoms with Gasteiger partial charge in [-0.2, -0.15) is 0 Å². The van der Waals surface area contributed by atoms with Gasteiger partial charge in [0, 0.05) is 0 Å². The van der Waals surface area contributed by atoms with Crippen molar-refractivity contribution < 1.29 is 0 Å². The van der Waals surface area contributed by atoms with Crippen LogP contribution < -0.4 is 5.32 Å². The average Bonchev–Trinajstić information content (AvgIpc) is 3.01. The maximum absolute atomic E-state index is 3.71. The molecule has 1 aromatic rings. The summed E-state index contributed by atoms with van der Waals surface area (Å²) in [6.07, 6.45) is 11.5.